The monoisotopic (exact) mass is 432 g/mol. The van der Waals surface area contributed by atoms with Crippen molar-refractivity contribution >= 4 is 11.9 Å². The Labute approximate surface area is 187 Å². The lowest BCUT2D eigenvalue weighted by Gasteiger charge is -2.30. The average molecular weight is 433 g/mol. The molecule has 2 N–H and O–H groups in total. The molecule has 1 aliphatic heterocycles. The molecule has 3 amide bonds. The van der Waals surface area contributed by atoms with E-state index in [9.17, 15) is 9.59 Å². The Morgan fingerprint density at radius 1 is 1.09 bits per heavy atom. The van der Waals surface area contributed by atoms with Crippen molar-refractivity contribution in [2.24, 2.45) is 0 Å². The van der Waals surface area contributed by atoms with Crippen LogP contribution in [0.1, 0.15) is 46.7 Å². The number of fused-ring (bicyclic) bond motifs is 1. The summed E-state index contributed by atoms with van der Waals surface area (Å²) in [5.74, 6) is -0.251. The first-order chi connectivity index (χ1) is 15.4. The summed E-state index contributed by atoms with van der Waals surface area (Å²) in [7, 11) is 0. The summed E-state index contributed by atoms with van der Waals surface area (Å²) < 4.78 is 1.72. The molecule has 166 valence electrons. The second-order valence-corrected chi connectivity index (χ2v) is 8.29. The van der Waals surface area contributed by atoms with E-state index < -0.39 is 0 Å². The highest BCUT2D eigenvalue weighted by Crippen LogP contribution is 2.26. The Hall–Kier alpha value is -3.68. The Kier molecular flexibility index (Phi) is 6.20. The second-order valence-electron chi connectivity index (χ2n) is 8.29. The molecule has 0 spiro atoms. The molecule has 0 aliphatic carbocycles. The fourth-order valence-corrected chi connectivity index (χ4v) is 3.93. The Morgan fingerprint density at radius 2 is 1.88 bits per heavy atom. The van der Waals surface area contributed by atoms with E-state index in [1.54, 1.807) is 4.68 Å². The van der Waals surface area contributed by atoms with Crippen molar-refractivity contribution in [3.8, 4) is 5.69 Å². The van der Waals surface area contributed by atoms with Crippen LogP contribution in [0.2, 0.25) is 0 Å². The van der Waals surface area contributed by atoms with Gasteiger partial charge >= 0.3 is 6.03 Å². The fourth-order valence-electron chi connectivity index (χ4n) is 3.93. The molecule has 2 heterocycles. The van der Waals surface area contributed by atoms with Crippen LogP contribution in [0.3, 0.4) is 0 Å². The first-order valence-corrected chi connectivity index (χ1v) is 10.8. The molecule has 8 heteroatoms. The normalized spacial score (nSPS) is 13.1. The van der Waals surface area contributed by atoms with Gasteiger partial charge in [0.15, 0.2) is 5.69 Å². The lowest BCUT2D eigenvalue weighted by Crippen LogP contribution is -2.45. The number of benzene rings is 2. The maximum atomic E-state index is 12.7. The van der Waals surface area contributed by atoms with Crippen molar-refractivity contribution in [1.82, 2.24) is 30.5 Å². The lowest BCUT2D eigenvalue weighted by molar-refractivity contribution is 0.0945. The minimum Gasteiger partial charge on any atom is -0.347 e. The molecule has 0 radical (unpaired) electrons. The highest BCUT2D eigenvalue weighted by atomic mass is 16.2. The summed E-state index contributed by atoms with van der Waals surface area (Å²) in [6.45, 7) is 7.35. The zero-order valence-corrected chi connectivity index (χ0v) is 18.6. The Balaban J connectivity index is 1.53. The number of amides is 3. The molecule has 0 fully saturated rings. The van der Waals surface area contributed by atoms with Gasteiger partial charge in [-0.1, -0.05) is 47.7 Å². The molecule has 1 aliphatic rings. The smallest absolute Gasteiger partial charge is 0.317 e. The maximum Gasteiger partial charge on any atom is 0.317 e. The largest absolute Gasteiger partial charge is 0.347 e. The van der Waals surface area contributed by atoms with Crippen LogP contribution in [0.15, 0.2) is 48.5 Å². The molecule has 2 aromatic carbocycles. The van der Waals surface area contributed by atoms with Crippen molar-refractivity contribution in [2.45, 2.75) is 46.3 Å². The predicted molar refractivity (Wildman–Crippen MR) is 121 cm³/mol. The van der Waals surface area contributed by atoms with E-state index in [0.717, 1.165) is 22.4 Å². The summed E-state index contributed by atoms with van der Waals surface area (Å²) in [6.07, 6.45) is 0.714. The number of hydrogen-bond acceptors (Lipinski definition) is 4. The first-order valence-electron chi connectivity index (χ1n) is 10.8. The van der Waals surface area contributed by atoms with Gasteiger partial charge in [0.1, 0.15) is 0 Å². The summed E-state index contributed by atoms with van der Waals surface area (Å²) in [6, 6.07) is 15.8. The standard InChI is InChI=1S/C24H28N6O2/c1-16(2)26-24(32)29-13-12-20-19(15-29)10-7-11-21(20)30-17(3)22(27-28-30)23(31)25-14-18-8-5-4-6-9-18/h4-11,16H,12-15H2,1-3H3,(H,25,31)(H,26,32). The summed E-state index contributed by atoms with van der Waals surface area (Å²) in [5.41, 5.74) is 5.13. The van der Waals surface area contributed by atoms with Crippen LogP contribution >= 0.6 is 0 Å². The van der Waals surface area contributed by atoms with Gasteiger partial charge in [0.05, 0.1) is 11.4 Å². The van der Waals surface area contributed by atoms with E-state index in [4.69, 9.17) is 0 Å². The van der Waals surface area contributed by atoms with Crippen LogP contribution < -0.4 is 10.6 Å². The van der Waals surface area contributed by atoms with E-state index in [1.807, 2.05) is 74.2 Å². The third-order valence-corrected chi connectivity index (χ3v) is 5.57. The molecule has 3 aromatic rings. The topological polar surface area (TPSA) is 92.2 Å². The minimum atomic E-state index is -0.251. The van der Waals surface area contributed by atoms with Crippen LogP contribution in [0.4, 0.5) is 4.79 Å². The highest BCUT2D eigenvalue weighted by Gasteiger charge is 2.25. The van der Waals surface area contributed by atoms with Gasteiger partial charge in [0.2, 0.25) is 0 Å². The molecule has 8 nitrogen and oxygen atoms in total. The zero-order valence-electron chi connectivity index (χ0n) is 18.6. The van der Waals surface area contributed by atoms with Gasteiger partial charge in [0, 0.05) is 25.7 Å². The highest BCUT2D eigenvalue weighted by molar-refractivity contribution is 5.93. The number of nitrogens with one attached hydrogen (secondary N) is 2. The third kappa shape index (κ3) is 4.49. The van der Waals surface area contributed by atoms with Crippen molar-refractivity contribution in [3.05, 3.63) is 76.6 Å². The third-order valence-electron chi connectivity index (χ3n) is 5.57. The number of aromatic nitrogens is 3. The van der Waals surface area contributed by atoms with Gasteiger partial charge in [-0.2, -0.15) is 0 Å². The van der Waals surface area contributed by atoms with Gasteiger partial charge in [-0.3, -0.25) is 4.79 Å². The van der Waals surface area contributed by atoms with Crippen molar-refractivity contribution < 1.29 is 9.59 Å². The second kappa shape index (κ2) is 9.21. The van der Waals surface area contributed by atoms with Gasteiger partial charge < -0.3 is 15.5 Å². The van der Waals surface area contributed by atoms with Crippen LogP contribution in [0.25, 0.3) is 5.69 Å². The summed E-state index contributed by atoms with van der Waals surface area (Å²) in [5, 5.41) is 14.3. The molecule has 4 rings (SSSR count). The van der Waals surface area contributed by atoms with E-state index in [2.05, 4.69) is 20.9 Å². The quantitative estimate of drug-likeness (QED) is 0.648. The Bertz CT molecular complexity index is 1120. The molecule has 0 saturated carbocycles. The van der Waals surface area contributed by atoms with E-state index >= 15 is 0 Å². The molecule has 1 aromatic heterocycles. The summed E-state index contributed by atoms with van der Waals surface area (Å²) in [4.78, 5) is 26.9. The number of hydrogen-bond donors (Lipinski definition) is 2. The zero-order chi connectivity index (χ0) is 22.7. The minimum absolute atomic E-state index is 0.0506. The predicted octanol–water partition coefficient (Wildman–Crippen LogP) is 2.98. The van der Waals surface area contributed by atoms with Crippen LogP contribution in [0, 0.1) is 6.92 Å². The number of nitrogens with zero attached hydrogens (tertiary/aromatic N) is 4. The SMILES string of the molecule is Cc1c(C(=O)NCc2ccccc2)nnn1-c1cccc2c1CCN(C(=O)NC(C)C)C2. The van der Waals surface area contributed by atoms with E-state index in [-0.39, 0.29) is 18.0 Å². The molecule has 0 bridgehead atoms. The molecule has 0 saturated heterocycles. The average Bonchev–Trinajstić information content (AvgIpc) is 3.18. The molecule has 0 atom stereocenters. The van der Waals surface area contributed by atoms with Crippen LogP contribution in [0.5, 0.6) is 0 Å². The van der Waals surface area contributed by atoms with Crippen LogP contribution in [-0.4, -0.2) is 44.4 Å². The van der Waals surface area contributed by atoms with Gasteiger partial charge in [-0.05, 0) is 49.9 Å². The van der Waals surface area contributed by atoms with Gasteiger partial charge in [0.25, 0.3) is 5.91 Å². The number of carbonyl (C=O) groups excluding carboxylic acids is 2. The van der Waals surface area contributed by atoms with Crippen LogP contribution in [-0.2, 0) is 19.5 Å². The van der Waals surface area contributed by atoms with Crippen molar-refractivity contribution in [3.63, 3.8) is 0 Å². The molecule has 32 heavy (non-hydrogen) atoms. The first kappa shape index (κ1) is 21.5. The molecular weight excluding hydrogens is 404 g/mol. The fraction of sp³-hybridized carbons (Fsp3) is 0.333. The number of urea groups is 1. The maximum absolute atomic E-state index is 12.7. The number of carbonyl (C=O) groups is 2. The van der Waals surface area contributed by atoms with Crippen molar-refractivity contribution in [2.75, 3.05) is 6.54 Å². The number of rotatable bonds is 5. The van der Waals surface area contributed by atoms with E-state index in [0.29, 0.717) is 37.4 Å². The Morgan fingerprint density at radius 3 is 2.62 bits per heavy atom. The van der Waals surface area contributed by atoms with Gasteiger partial charge in [-0.25, -0.2) is 9.48 Å². The molecule has 0 unspecified atom stereocenters. The van der Waals surface area contributed by atoms with Crippen molar-refractivity contribution in [1.29, 1.82) is 0 Å². The lowest BCUT2D eigenvalue weighted by atomic mass is 9.98. The van der Waals surface area contributed by atoms with Gasteiger partial charge in [-0.15, -0.1) is 5.10 Å². The summed E-state index contributed by atoms with van der Waals surface area (Å²) >= 11 is 0. The molecular formula is C24H28N6O2. The van der Waals surface area contributed by atoms with E-state index in [1.165, 1.54) is 0 Å².